The molecule has 1 unspecified atom stereocenters. The SMILES string of the molecule is Cc1nc(Cl)nc(OCCOCCNc2cccc3c2C(=O)N(C2CCC(=O)NC2=O)C3=O)n1. The highest BCUT2D eigenvalue weighted by molar-refractivity contribution is 6.28. The Morgan fingerprint density at radius 3 is 2.71 bits per heavy atom. The molecule has 13 heteroatoms. The molecule has 2 aliphatic heterocycles. The molecule has 178 valence electrons. The molecule has 1 saturated heterocycles. The number of carbonyl (C=O) groups excluding carboxylic acids is 4. The van der Waals surface area contributed by atoms with Crippen molar-refractivity contribution in [1.29, 1.82) is 0 Å². The fourth-order valence-electron chi connectivity index (χ4n) is 3.70. The monoisotopic (exact) mass is 488 g/mol. The van der Waals surface area contributed by atoms with Crippen LogP contribution in [0.4, 0.5) is 5.69 Å². The average molecular weight is 489 g/mol. The van der Waals surface area contributed by atoms with Crippen LogP contribution < -0.4 is 15.4 Å². The van der Waals surface area contributed by atoms with E-state index in [1.54, 1.807) is 19.1 Å². The second-order valence-electron chi connectivity index (χ2n) is 7.50. The number of rotatable bonds is 9. The van der Waals surface area contributed by atoms with Gasteiger partial charge in [0.2, 0.25) is 17.1 Å². The van der Waals surface area contributed by atoms with Crippen LogP contribution in [-0.2, 0) is 14.3 Å². The van der Waals surface area contributed by atoms with Gasteiger partial charge in [-0.1, -0.05) is 6.07 Å². The number of anilines is 1. The minimum Gasteiger partial charge on any atom is -0.461 e. The Labute approximate surface area is 199 Å². The molecule has 0 saturated carbocycles. The molecule has 2 aromatic rings. The molecule has 2 aliphatic rings. The normalized spacial score (nSPS) is 17.6. The molecule has 1 aromatic carbocycles. The topological polar surface area (TPSA) is 153 Å². The molecule has 1 fully saturated rings. The Balaban J connectivity index is 1.29. The van der Waals surface area contributed by atoms with Gasteiger partial charge in [-0.2, -0.15) is 9.97 Å². The zero-order valence-electron chi connectivity index (χ0n) is 18.2. The van der Waals surface area contributed by atoms with Crippen LogP contribution in [0.1, 0.15) is 39.4 Å². The van der Waals surface area contributed by atoms with Crippen LogP contribution in [0.25, 0.3) is 0 Å². The summed E-state index contributed by atoms with van der Waals surface area (Å²) in [6, 6.07) is 3.97. The predicted molar refractivity (Wildman–Crippen MR) is 117 cm³/mol. The van der Waals surface area contributed by atoms with Crippen molar-refractivity contribution in [3.63, 3.8) is 0 Å². The lowest BCUT2D eigenvalue weighted by atomic mass is 10.0. The van der Waals surface area contributed by atoms with Crippen LogP contribution in [0.5, 0.6) is 6.01 Å². The number of nitrogens with one attached hydrogen (secondary N) is 2. The Bertz CT molecular complexity index is 1140. The molecule has 1 aromatic heterocycles. The third-order valence-electron chi connectivity index (χ3n) is 5.19. The Morgan fingerprint density at radius 1 is 1.12 bits per heavy atom. The lowest BCUT2D eigenvalue weighted by Gasteiger charge is -2.27. The van der Waals surface area contributed by atoms with Crippen molar-refractivity contribution >= 4 is 40.9 Å². The molecule has 4 rings (SSSR count). The zero-order chi connectivity index (χ0) is 24.2. The minimum absolute atomic E-state index is 0.0483. The maximum absolute atomic E-state index is 13.0. The summed E-state index contributed by atoms with van der Waals surface area (Å²) in [5.41, 5.74) is 0.865. The molecule has 0 radical (unpaired) electrons. The Kier molecular flexibility index (Phi) is 6.98. The fourth-order valence-corrected chi connectivity index (χ4v) is 3.90. The van der Waals surface area contributed by atoms with Gasteiger partial charge in [-0.15, -0.1) is 0 Å². The van der Waals surface area contributed by atoms with Crippen LogP contribution in [0.2, 0.25) is 5.28 Å². The van der Waals surface area contributed by atoms with E-state index >= 15 is 0 Å². The first-order valence-electron chi connectivity index (χ1n) is 10.5. The quantitative estimate of drug-likeness (QED) is 0.381. The van der Waals surface area contributed by atoms with Crippen LogP contribution in [0, 0.1) is 6.92 Å². The second kappa shape index (κ2) is 10.1. The van der Waals surface area contributed by atoms with Gasteiger partial charge in [0.15, 0.2) is 0 Å². The molecule has 2 N–H and O–H groups in total. The number of carbonyl (C=O) groups is 4. The van der Waals surface area contributed by atoms with Gasteiger partial charge in [-0.25, -0.2) is 4.98 Å². The average Bonchev–Trinajstić information content (AvgIpc) is 3.03. The highest BCUT2D eigenvalue weighted by atomic mass is 35.5. The number of amides is 4. The van der Waals surface area contributed by atoms with Gasteiger partial charge in [0, 0.05) is 18.7 Å². The first-order valence-corrected chi connectivity index (χ1v) is 10.9. The van der Waals surface area contributed by atoms with Crippen LogP contribution in [-0.4, -0.2) is 75.9 Å². The summed E-state index contributed by atoms with van der Waals surface area (Å²) in [4.78, 5) is 62.1. The highest BCUT2D eigenvalue weighted by Crippen LogP contribution is 2.32. The van der Waals surface area contributed by atoms with Crippen LogP contribution in [0.15, 0.2) is 18.2 Å². The molecule has 0 spiro atoms. The first kappa shape index (κ1) is 23.5. The van der Waals surface area contributed by atoms with Gasteiger partial charge in [-0.05, 0) is 37.1 Å². The van der Waals surface area contributed by atoms with Gasteiger partial charge >= 0.3 is 6.01 Å². The van der Waals surface area contributed by atoms with Crippen molar-refractivity contribution in [3.8, 4) is 6.01 Å². The molecule has 1 atom stereocenters. The van der Waals surface area contributed by atoms with E-state index in [0.29, 0.717) is 24.7 Å². The molecular formula is C21H21ClN6O6. The van der Waals surface area contributed by atoms with E-state index < -0.39 is 29.7 Å². The lowest BCUT2D eigenvalue weighted by Crippen LogP contribution is -2.54. The largest absolute Gasteiger partial charge is 0.461 e. The van der Waals surface area contributed by atoms with Crippen LogP contribution >= 0.6 is 11.6 Å². The van der Waals surface area contributed by atoms with E-state index in [0.717, 1.165) is 4.90 Å². The van der Waals surface area contributed by atoms with Crippen molar-refractivity contribution in [3.05, 3.63) is 40.4 Å². The van der Waals surface area contributed by atoms with Crippen molar-refractivity contribution in [2.75, 3.05) is 31.7 Å². The number of piperidine rings is 1. The van der Waals surface area contributed by atoms with Crippen LogP contribution in [0.3, 0.4) is 0 Å². The molecule has 0 bridgehead atoms. The van der Waals surface area contributed by atoms with Crippen molar-refractivity contribution in [2.45, 2.75) is 25.8 Å². The zero-order valence-corrected chi connectivity index (χ0v) is 18.9. The summed E-state index contributed by atoms with van der Waals surface area (Å²) in [6.45, 7) is 2.79. The summed E-state index contributed by atoms with van der Waals surface area (Å²) < 4.78 is 10.9. The number of halogens is 1. The number of aromatic nitrogens is 3. The van der Waals surface area contributed by atoms with Gasteiger partial charge in [0.1, 0.15) is 18.5 Å². The van der Waals surface area contributed by atoms with Gasteiger partial charge in [0.25, 0.3) is 11.8 Å². The lowest BCUT2D eigenvalue weighted by molar-refractivity contribution is -0.136. The minimum atomic E-state index is -1.01. The number of imide groups is 2. The van der Waals surface area contributed by atoms with Crippen molar-refractivity contribution < 1.29 is 28.7 Å². The molecule has 3 heterocycles. The maximum Gasteiger partial charge on any atom is 0.321 e. The van der Waals surface area contributed by atoms with E-state index in [-0.39, 0.29) is 48.5 Å². The number of nitrogens with zero attached hydrogens (tertiary/aromatic N) is 4. The third kappa shape index (κ3) is 4.97. The smallest absolute Gasteiger partial charge is 0.321 e. The molecule has 0 aliphatic carbocycles. The first-order chi connectivity index (χ1) is 16.3. The van der Waals surface area contributed by atoms with Crippen molar-refractivity contribution in [2.24, 2.45) is 0 Å². The van der Waals surface area contributed by atoms with E-state index in [1.807, 2.05) is 0 Å². The standard InChI is InChI=1S/C21H21ClN6O6/c1-11-24-20(22)27-21(25-11)34-10-9-33-8-7-23-13-4-2-3-12-16(13)19(32)28(18(12)31)14-5-6-15(29)26-17(14)30/h2-4,14,23H,5-10H2,1H3,(H,26,29,30). The molecular weight excluding hydrogens is 468 g/mol. The third-order valence-corrected chi connectivity index (χ3v) is 5.36. The highest BCUT2D eigenvalue weighted by Gasteiger charge is 2.45. The van der Waals surface area contributed by atoms with Gasteiger partial charge < -0.3 is 14.8 Å². The summed E-state index contributed by atoms with van der Waals surface area (Å²) >= 11 is 5.75. The maximum atomic E-state index is 13.0. The Hall–Kier alpha value is -3.64. The summed E-state index contributed by atoms with van der Waals surface area (Å²) in [6.07, 6.45) is 0.168. The molecule has 4 amide bonds. The number of benzene rings is 1. The fraction of sp³-hybridized carbons (Fsp3) is 0.381. The van der Waals surface area contributed by atoms with Crippen molar-refractivity contribution in [1.82, 2.24) is 25.2 Å². The van der Waals surface area contributed by atoms with E-state index in [1.165, 1.54) is 6.07 Å². The van der Waals surface area contributed by atoms with Gasteiger partial charge in [-0.3, -0.25) is 29.4 Å². The number of fused-ring (bicyclic) bond motifs is 1. The summed E-state index contributed by atoms with van der Waals surface area (Å²) in [5.74, 6) is -1.75. The number of hydrogen-bond donors (Lipinski definition) is 2. The van der Waals surface area contributed by atoms with E-state index in [2.05, 4.69) is 25.6 Å². The molecule has 12 nitrogen and oxygen atoms in total. The summed E-state index contributed by atoms with van der Waals surface area (Å²) in [7, 11) is 0. The second-order valence-corrected chi connectivity index (χ2v) is 7.84. The number of hydrogen-bond acceptors (Lipinski definition) is 10. The Morgan fingerprint density at radius 2 is 1.94 bits per heavy atom. The number of ether oxygens (including phenoxy) is 2. The van der Waals surface area contributed by atoms with Gasteiger partial charge in [0.05, 0.1) is 24.3 Å². The summed E-state index contributed by atoms with van der Waals surface area (Å²) in [5, 5.41) is 5.32. The predicted octanol–water partition coefficient (Wildman–Crippen LogP) is 0.742. The van der Waals surface area contributed by atoms with E-state index in [9.17, 15) is 19.2 Å². The molecule has 34 heavy (non-hydrogen) atoms. The van der Waals surface area contributed by atoms with E-state index in [4.69, 9.17) is 21.1 Å². The number of aryl methyl sites for hydroxylation is 1.